The molecule has 0 bridgehead atoms. The molecular formula is ClCoN2O4. The Hall–Kier alpha value is -0.404. The summed E-state index contributed by atoms with van der Waals surface area (Å²) in [5.41, 5.74) is 0. The van der Waals surface area contributed by atoms with Gasteiger partial charge in [0.25, 0.3) is 0 Å². The molecule has 0 spiro atoms. The first-order valence-electron chi connectivity index (χ1n) is 1.15. The van der Waals surface area contributed by atoms with E-state index < -0.39 is 21.1 Å². The monoisotopic (exact) mass is 186 g/mol. The van der Waals surface area contributed by atoms with E-state index in [2.05, 4.69) is 10.1 Å². The summed E-state index contributed by atoms with van der Waals surface area (Å²) in [5.74, 6) is 0. The fourth-order valence-corrected chi connectivity index (χ4v) is 0.183. The van der Waals surface area contributed by atoms with Gasteiger partial charge in [-0.1, -0.05) is 0 Å². The van der Waals surface area contributed by atoms with Crippen LogP contribution in [-0.2, 0) is 13.2 Å². The Balaban J connectivity index is 3.83. The number of hydrogen-bond donors (Lipinski definition) is 0. The first-order chi connectivity index (χ1) is 3.55. The van der Waals surface area contributed by atoms with Crippen LogP contribution in [0.2, 0.25) is 0 Å². The summed E-state index contributed by atoms with van der Waals surface area (Å²) in [5, 5.41) is 18.8. The van der Waals surface area contributed by atoms with E-state index in [1.165, 1.54) is 0 Å². The van der Waals surface area contributed by atoms with Crippen LogP contribution in [-0.4, -0.2) is 7.94 Å². The van der Waals surface area contributed by atoms with E-state index in [0.717, 1.165) is 0 Å². The Morgan fingerprint density at radius 1 is 1.25 bits per heavy atom. The molecule has 0 amide bonds. The molecule has 0 heterocycles. The average Bonchev–Trinajstić information content (AvgIpc) is 1.64. The number of nitrogens with zero attached hydrogens (tertiary/aromatic N) is 2. The van der Waals surface area contributed by atoms with Crippen molar-refractivity contribution < 1.29 is 21.1 Å². The van der Waals surface area contributed by atoms with Crippen LogP contribution in [0.1, 0.15) is 0 Å². The van der Waals surface area contributed by atoms with E-state index in [1.54, 1.807) is 0 Å². The van der Waals surface area contributed by atoms with Gasteiger partial charge in [-0.15, -0.1) is 0 Å². The van der Waals surface area contributed by atoms with E-state index in [9.17, 15) is 20.2 Å². The molecule has 0 radical (unpaired) electrons. The molecule has 6 nitrogen and oxygen atoms in total. The molecule has 0 saturated heterocycles. The Kier molecular flexibility index (Phi) is 2.65. The summed E-state index contributed by atoms with van der Waals surface area (Å²) in [4.78, 5) is 18.8. The molecule has 8 heavy (non-hydrogen) atoms. The summed E-state index contributed by atoms with van der Waals surface area (Å²) in [6.07, 6.45) is 0. The van der Waals surface area contributed by atoms with Crippen LogP contribution in [0.15, 0.2) is 0 Å². The molecule has 0 unspecified atom stereocenters. The van der Waals surface area contributed by atoms with Gasteiger partial charge in [0.2, 0.25) is 0 Å². The molecule has 0 aromatic carbocycles. The molecule has 0 aliphatic heterocycles. The molecule has 0 fully saturated rings. The molecule has 0 aromatic rings. The van der Waals surface area contributed by atoms with Crippen molar-refractivity contribution >= 4 is 10.1 Å². The first-order valence-corrected chi connectivity index (χ1v) is 3.52. The molecule has 0 rings (SSSR count). The van der Waals surface area contributed by atoms with Crippen molar-refractivity contribution in [3.63, 3.8) is 0 Å². The summed E-state index contributed by atoms with van der Waals surface area (Å²) >= 11 is -2.76. The van der Waals surface area contributed by atoms with Gasteiger partial charge in [0.1, 0.15) is 0 Å². The van der Waals surface area contributed by atoms with Crippen molar-refractivity contribution in [2.45, 2.75) is 0 Å². The van der Waals surface area contributed by atoms with Crippen LogP contribution in [0, 0.1) is 20.2 Å². The van der Waals surface area contributed by atoms with Crippen molar-refractivity contribution in [1.82, 2.24) is 0 Å². The van der Waals surface area contributed by atoms with Gasteiger partial charge in [0, 0.05) is 0 Å². The molecule has 50 valence electrons. The second-order valence-electron chi connectivity index (χ2n) is 0.572. The van der Waals surface area contributed by atoms with Gasteiger partial charge in [0.15, 0.2) is 0 Å². The van der Waals surface area contributed by atoms with E-state index >= 15 is 0 Å². The topological polar surface area (TPSA) is 86.3 Å². The van der Waals surface area contributed by atoms with E-state index in [1.807, 2.05) is 0 Å². The number of rotatable bonds is 2. The van der Waals surface area contributed by atoms with Crippen LogP contribution >= 0.6 is 10.1 Å². The minimum absolute atomic E-state index is 1.13. The Labute approximate surface area is 52.1 Å². The average molecular weight is 186 g/mol. The maximum absolute atomic E-state index is 9.40. The summed E-state index contributed by atoms with van der Waals surface area (Å²) < 4.78 is -2.26. The van der Waals surface area contributed by atoms with Crippen LogP contribution in [0.5, 0.6) is 0 Å². The molecule has 0 aromatic heterocycles. The fraction of sp³-hybridized carbons (Fsp3) is 0. The predicted octanol–water partition coefficient (Wildman–Crippen LogP) is 0.142. The van der Waals surface area contributed by atoms with E-state index in [-0.39, 0.29) is 0 Å². The number of nitro groups is 2. The SMILES string of the molecule is O=[N+]([O-])[Co]([Cl])[N+](=O)[O-]. The zero-order chi connectivity index (χ0) is 6.73. The van der Waals surface area contributed by atoms with Crippen molar-refractivity contribution in [3.05, 3.63) is 20.2 Å². The van der Waals surface area contributed by atoms with Crippen molar-refractivity contribution in [3.8, 4) is 0 Å². The van der Waals surface area contributed by atoms with E-state index in [0.29, 0.717) is 0 Å². The predicted molar refractivity (Wildman–Crippen MR) is 19.8 cm³/mol. The van der Waals surface area contributed by atoms with Gasteiger partial charge in [-0.3, -0.25) is 0 Å². The van der Waals surface area contributed by atoms with E-state index in [4.69, 9.17) is 0 Å². The second-order valence-corrected chi connectivity index (χ2v) is 2.82. The van der Waals surface area contributed by atoms with Gasteiger partial charge in [-0.05, 0) is 0 Å². The normalized spacial score (nSPS) is 10.4. The molecule has 0 aliphatic rings. The van der Waals surface area contributed by atoms with Gasteiger partial charge < -0.3 is 0 Å². The van der Waals surface area contributed by atoms with Gasteiger partial charge in [-0.25, -0.2) is 0 Å². The van der Waals surface area contributed by atoms with Gasteiger partial charge in [0.05, 0.1) is 0 Å². The van der Waals surface area contributed by atoms with Crippen LogP contribution in [0.3, 0.4) is 0 Å². The standard InChI is InChI=1S/ClH.Co.2NO2/c;;2*2-1-3/h1H;;;/q;+1;;/p-1. The summed E-state index contributed by atoms with van der Waals surface area (Å²) in [6.45, 7) is 0. The quantitative estimate of drug-likeness (QED) is 0.453. The van der Waals surface area contributed by atoms with Gasteiger partial charge >= 0.3 is 51.5 Å². The summed E-state index contributed by atoms with van der Waals surface area (Å²) in [7, 11) is 4.61. The third-order valence-corrected chi connectivity index (χ3v) is 1.59. The Morgan fingerprint density at radius 3 is 1.50 bits per heavy atom. The van der Waals surface area contributed by atoms with Crippen LogP contribution in [0.25, 0.3) is 0 Å². The third-order valence-electron chi connectivity index (χ3n) is 0.201. The molecule has 0 atom stereocenters. The summed E-state index contributed by atoms with van der Waals surface area (Å²) in [6, 6.07) is 0. The molecule has 8 heteroatoms. The Morgan fingerprint density at radius 2 is 1.50 bits per heavy atom. The number of hydrogen-bond acceptors (Lipinski definition) is 4. The zero-order valence-corrected chi connectivity index (χ0v) is 5.04. The third kappa shape index (κ3) is 2.05. The maximum atomic E-state index is 9.40. The van der Waals surface area contributed by atoms with Crippen molar-refractivity contribution in [2.75, 3.05) is 0 Å². The molecular weight excluding hydrogens is 186 g/mol. The first kappa shape index (κ1) is 7.60. The van der Waals surface area contributed by atoms with Gasteiger partial charge in [-0.2, -0.15) is 0 Å². The van der Waals surface area contributed by atoms with Crippen LogP contribution < -0.4 is 0 Å². The molecule has 0 aliphatic carbocycles. The zero-order valence-electron chi connectivity index (χ0n) is 3.24. The number of halogens is 1. The van der Waals surface area contributed by atoms with Crippen molar-refractivity contribution in [2.24, 2.45) is 0 Å². The fourth-order valence-electron chi connectivity index (χ4n) is 0.0444. The second kappa shape index (κ2) is 2.80. The Bertz CT molecular complexity index is 109. The molecule has 0 N–H and O–H groups in total. The molecule has 0 saturated carbocycles. The minimum atomic E-state index is -2.76. The van der Waals surface area contributed by atoms with Crippen molar-refractivity contribution in [1.29, 1.82) is 0 Å². The van der Waals surface area contributed by atoms with Crippen LogP contribution in [0.4, 0.5) is 0 Å².